The van der Waals surface area contributed by atoms with E-state index in [2.05, 4.69) is 17.4 Å². The lowest BCUT2D eigenvalue weighted by Crippen LogP contribution is -2.36. The number of ether oxygens (including phenoxy) is 2. The first kappa shape index (κ1) is 31.4. The Hall–Kier alpha value is -5.01. The summed E-state index contributed by atoms with van der Waals surface area (Å²) < 4.78 is 11.2. The van der Waals surface area contributed by atoms with Crippen molar-refractivity contribution in [1.82, 2.24) is 0 Å². The largest absolute Gasteiger partial charge is 0.466 e. The molecule has 0 fully saturated rings. The van der Waals surface area contributed by atoms with Gasteiger partial charge in [0.2, 0.25) is 0 Å². The van der Waals surface area contributed by atoms with Crippen LogP contribution >= 0.6 is 11.8 Å². The fourth-order valence-corrected chi connectivity index (χ4v) is 5.67. The molecule has 1 N–H and O–H groups in total. The molecule has 0 saturated carbocycles. The summed E-state index contributed by atoms with van der Waals surface area (Å²) in [6.45, 7) is 2.71. The number of benzene rings is 5. The van der Waals surface area contributed by atoms with Crippen molar-refractivity contribution in [3.05, 3.63) is 145 Å². The number of anilines is 2. The molecule has 228 valence electrons. The Morgan fingerprint density at radius 3 is 2.20 bits per heavy atom. The number of nitrogens with one attached hydrogen (secondary N) is 1. The van der Waals surface area contributed by atoms with Gasteiger partial charge < -0.3 is 14.8 Å². The summed E-state index contributed by atoms with van der Waals surface area (Å²) in [5.74, 6) is 1.03. The van der Waals surface area contributed by atoms with Crippen molar-refractivity contribution >= 4 is 35.1 Å². The number of aryl methyl sites for hydroxylation is 1. The Labute approximate surface area is 269 Å². The second-order valence-corrected chi connectivity index (χ2v) is 11.5. The lowest BCUT2D eigenvalue weighted by molar-refractivity contribution is -0.142. The summed E-state index contributed by atoms with van der Waals surface area (Å²) >= 11 is 1.60. The van der Waals surface area contributed by atoms with E-state index in [4.69, 9.17) is 9.47 Å². The molecular weight excluding hydrogens is 580 g/mol. The highest BCUT2D eigenvalue weighted by Crippen LogP contribution is 2.33. The van der Waals surface area contributed by atoms with Crippen LogP contribution in [0.2, 0.25) is 0 Å². The average Bonchev–Trinajstić information content (AvgIpc) is 3.06. The lowest BCUT2D eigenvalue weighted by atomic mass is 10.1. The number of hydrogen-bond donors (Lipinski definition) is 1. The first-order chi connectivity index (χ1) is 22.1. The van der Waals surface area contributed by atoms with E-state index in [0.717, 1.165) is 33.9 Å². The summed E-state index contributed by atoms with van der Waals surface area (Å²) in [6.07, 6.45) is 1.89. The average molecular weight is 617 g/mol. The molecule has 0 saturated heterocycles. The lowest BCUT2D eigenvalue weighted by Gasteiger charge is -2.24. The van der Waals surface area contributed by atoms with Crippen molar-refractivity contribution in [2.45, 2.75) is 36.0 Å². The van der Waals surface area contributed by atoms with Gasteiger partial charge in [-0.05, 0) is 85.5 Å². The Morgan fingerprint density at radius 2 is 1.44 bits per heavy atom. The predicted molar refractivity (Wildman–Crippen MR) is 181 cm³/mol. The monoisotopic (exact) mass is 616 g/mol. The van der Waals surface area contributed by atoms with Gasteiger partial charge >= 0.3 is 12.0 Å². The molecule has 0 aliphatic heterocycles. The smallest absolute Gasteiger partial charge is 0.326 e. The molecule has 7 heteroatoms. The van der Waals surface area contributed by atoms with Crippen molar-refractivity contribution in [2.75, 3.05) is 23.4 Å². The molecule has 6 nitrogen and oxygen atoms in total. The topological polar surface area (TPSA) is 67.9 Å². The van der Waals surface area contributed by atoms with Crippen LogP contribution in [0.3, 0.4) is 0 Å². The molecule has 0 aromatic heterocycles. The highest BCUT2D eigenvalue weighted by atomic mass is 32.2. The van der Waals surface area contributed by atoms with Gasteiger partial charge in [0, 0.05) is 22.0 Å². The fraction of sp³-hybridized carbons (Fsp3) is 0.158. The molecule has 45 heavy (non-hydrogen) atoms. The summed E-state index contributed by atoms with van der Waals surface area (Å²) in [4.78, 5) is 29.6. The first-order valence-electron chi connectivity index (χ1n) is 15.0. The third-order valence-electron chi connectivity index (χ3n) is 6.98. The number of amides is 2. The SMILES string of the molecule is CCOC(=O)Cc1ccc(Sc2cccc(N(CCCc3ccccc3)C(=O)Nc3ccccc3Oc3ccccc3)c2)cc1. The van der Waals surface area contributed by atoms with E-state index in [0.29, 0.717) is 30.3 Å². The molecule has 0 aliphatic carbocycles. The highest BCUT2D eigenvalue weighted by Gasteiger charge is 2.18. The van der Waals surface area contributed by atoms with Crippen LogP contribution in [0.1, 0.15) is 24.5 Å². The number of para-hydroxylation sites is 3. The van der Waals surface area contributed by atoms with E-state index in [1.165, 1.54) is 5.56 Å². The van der Waals surface area contributed by atoms with Gasteiger partial charge in [0.1, 0.15) is 5.75 Å². The van der Waals surface area contributed by atoms with Crippen LogP contribution in [-0.4, -0.2) is 25.2 Å². The van der Waals surface area contributed by atoms with Crippen LogP contribution in [0.15, 0.2) is 143 Å². The summed E-state index contributed by atoms with van der Waals surface area (Å²) in [7, 11) is 0. The zero-order valence-corrected chi connectivity index (χ0v) is 26.0. The molecule has 0 heterocycles. The van der Waals surface area contributed by atoms with Gasteiger partial charge in [0.05, 0.1) is 18.7 Å². The van der Waals surface area contributed by atoms with Crippen LogP contribution in [-0.2, 0) is 22.4 Å². The Kier molecular flexibility index (Phi) is 11.3. The number of urea groups is 1. The third-order valence-corrected chi connectivity index (χ3v) is 7.97. The maximum absolute atomic E-state index is 13.9. The van der Waals surface area contributed by atoms with E-state index in [1.54, 1.807) is 23.6 Å². The number of carbonyl (C=O) groups is 2. The minimum atomic E-state index is -0.238. The third kappa shape index (κ3) is 9.49. The predicted octanol–water partition coefficient (Wildman–Crippen LogP) is 9.41. The van der Waals surface area contributed by atoms with Crippen LogP contribution < -0.4 is 15.0 Å². The van der Waals surface area contributed by atoms with Gasteiger partial charge in [-0.3, -0.25) is 9.69 Å². The van der Waals surface area contributed by atoms with E-state index < -0.39 is 0 Å². The van der Waals surface area contributed by atoms with Crippen LogP contribution in [0.4, 0.5) is 16.2 Å². The highest BCUT2D eigenvalue weighted by molar-refractivity contribution is 7.99. The Bertz CT molecular complexity index is 1680. The van der Waals surface area contributed by atoms with Crippen LogP contribution in [0.5, 0.6) is 11.5 Å². The number of esters is 1. The molecule has 0 spiro atoms. The molecule has 2 amide bonds. The van der Waals surface area contributed by atoms with E-state index >= 15 is 0 Å². The molecule has 5 aromatic rings. The number of hydrogen-bond acceptors (Lipinski definition) is 5. The van der Waals surface area contributed by atoms with E-state index in [1.807, 2.05) is 121 Å². The standard InChI is InChI=1S/C38H36N2O4S/c1-2-43-37(41)27-30-22-24-33(25-23-30)45-34-19-11-16-31(28-34)40(26-12-15-29-13-5-3-6-14-29)38(42)39-35-20-9-10-21-36(35)44-32-17-7-4-8-18-32/h3-11,13-14,16-25,28H,2,12,15,26-27H2,1H3,(H,39,42). The second-order valence-electron chi connectivity index (χ2n) is 10.3. The number of nitrogens with zero attached hydrogens (tertiary/aromatic N) is 1. The molecule has 5 aromatic carbocycles. The van der Waals surface area contributed by atoms with Gasteiger partial charge in [-0.2, -0.15) is 0 Å². The number of carbonyl (C=O) groups excluding carboxylic acids is 2. The normalized spacial score (nSPS) is 10.6. The Morgan fingerprint density at radius 1 is 0.733 bits per heavy atom. The molecular formula is C38H36N2O4S. The van der Waals surface area contributed by atoms with E-state index in [9.17, 15) is 9.59 Å². The molecule has 5 rings (SSSR count). The molecule has 0 radical (unpaired) electrons. The van der Waals surface area contributed by atoms with Crippen molar-refractivity contribution in [2.24, 2.45) is 0 Å². The van der Waals surface area contributed by atoms with Crippen molar-refractivity contribution in [3.63, 3.8) is 0 Å². The quantitative estimate of drug-likeness (QED) is 0.134. The minimum absolute atomic E-state index is 0.231. The van der Waals surface area contributed by atoms with Crippen molar-refractivity contribution < 1.29 is 19.1 Å². The molecule has 0 unspecified atom stereocenters. The summed E-state index contributed by atoms with van der Waals surface area (Å²) in [5.41, 5.74) is 3.53. The van der Waals surface area contributed by atoms with E-state index in [-0.39, 0.29) is 18.4 Å². The maximum atomic E-state index is 13.9. The van der Waals surface area contributed by atoms with Gasteiger partial charge in [0.25, 0.3) is 0 Å². The minimum Gasteiger partial charge on any atom is -0.466 e. The van der Waals surface area contributed by atoms with Crippen molar-refractivity contribution in [3.8, 4) is 11.5 Å². The van der Waals surface area contributed by atoms with Crippen LogP contribution in [0, 0.1) is 0 Å². The summed E-state index contributed by atoms with van der Waals surface area (Å²) in [6, 6.07) is 42.9. The molecule has 0 atom stereocenters. The van der Waals surface area contributed by atoms with Gasteiger partial charge in [-0.1, -0.05) is 90.6 Å². The van der Waals surface area contributed by atoms with Gasteiger partial charge in [0.15, 0.2) is 5.75 Å². The number of rotatable bonds is 13. The second kappa shape index (κ2) is 16.2. The van der Waals surface area contributed by atoms with Crippen molar-refractivity contribution in [1.29, 1.82) is 0 Å². The zero-order valence-electron chi connectivity index (χ0n) is 25.2. The fourth-order valence-electron chi connectivity index (χ4n) is 4.80. The summed E-state index contributed by atoms with van der Waals surface area (Å²) in [5, 5.41) is 3.10. The Balaban J connectivity index is 1.33. The van der Waals surface area contributed by atoms with Gasteiger partial charge in [-0.15, -0.1) is 0 Å². The zero-order chi connectivity index (χ0) is 31.3. The maximum Gasteiger partial charge on any atom is 0.326 e. The molecule has 0 bridgehead atoms. The van der Waals surface area contributed by atoms with Crippen LogP contribution in [0.25, 0.3) is 0 Å². The van der Waals surface area contributed by atoms with Gasteiger partial charge in [-0.25, -0.2) is 4.79 Å². The molecule has 0 aliphatic rings. The first-order valence-corrected chi connectivity index (χ1v) is 15.9.